The summed E-state index contributed by atoms with van der Waals surface area (Å²) in [4.78, 5) is 4.35. The molecule has 0 bridgehead atoms. The molecule has 0 fully saturated rings. The largest absolute Gasteiger partial charge is 0.397 e. The van der Waals surface area contributed by atoms with Gasteiger partial charge in [0.15, 0.2) is 11.5 Å². The van der Waals surface area contributed by atoms with Crippen LogP contribution in [0.5, 0.6) is 0 Å². The number of nitrogen functional groups attached to an aromatic ring is 1. The lowest BCUT2D eigenvalue weighted by molar-refractivity contribution is 0.626. The molecule has 0 unspecified atom stereocenters. The Bertz CT molecular complexity index is 705. The summed E-state index contributed by atoms with van der Waals surface area (Å²) in [5.74, 6) is 0.395. The molecule has 2 N–H and O–H groups in total. The minimum Gasteiger partial charge on any atom is -0.397 e. The zero-order chi connectivity index (χ0) is 12.5. The Balaban J connectivity index is 1.95. The summed E-state index contributed by atoms with van der Waals surface area (Å²) in [7, 11) is 0. The molecule has 0 spiro atoms. The van der Waals surface area contributed by atoms with Crippen LogP contribution in [0.1, 0.15) is 11.4 Å². The van der Waals surface area contributed by atoms with E-state index in [1.807, 2.05) is 6.07 Å². The van der Waals surface area contributed by atoms with Crippen LogP contribution in [-0.4, -0.2) is 14.6 Å². The summed E-state index contributed by atoms with van der Waals surface area (Å²) in [5, 5.41) is 4.30. The fourth-order valence-electron chi connectivity index (χ4n) is 1.85. The van der Waals surface area contributed by atoms with Crippen LogP contribution in [0.2, 0.25) is 0 Å². The molecule has 4 nitrogen and oxygen atoms in total. The molecule has 3 rings (SSSR count). The molecule has 3 aromatic rings. The number of fused-ring (bicyclic) bond motifs is 1. The van der Waals surface area contributed by atoms with E-state index in [2.05, 4.69) is 10.1 Å². The molecule has 0 aliphatic rings. The number of benzene rings is 1. The molecule has 0 aliphatic heterocycles. The normalized spacial score (nSPS) is 10.9. The van der Waals surface area contributed by atoms with Crippen molar-refractivity contribution in [2.75, 3.05) is 5.73 Å². The second-order valence-electron chi connectivity index (χ2n) is 4.10. The maximum absolute atomic E-state index is 13.1. The summed E-state index contributed by atoms with van der Waals surface area (Å²) in [5.41, 5.74) is 7.87. The second kappa shape index (κ2) is 4.10. The summed E-state index contributed by atoms with van der Waals surface area (Å²) in [6.45, 7) is 0. The molecule has 0 radical (unpaired) electrons. The molecule has 5 heteroatoms. The van der Waals surface area contributed by atoms with Gasteiger partial charge < -0.3 is 5.73 Å². The highest BCUT2D eigenvalue weighted by Crippen LogP contribution is 2.11. The Morgan fingerprint density at radius 1 is 1.22 bits per heavy atom. The third kappa shape index (κ3) is 2.02. The quantitative estimate of drug-likeness (QED) is 0.748. The SMILES string of the molecule is Nc1ccc2nc(Cc3cccc(F)c3)nn2c1. The van der Waals surface area contributed by atoms with Gasteiger partial charge in [-0.1, -0.05) is 12.1 Å². The highest BCUT2D eigenvalue weighted by atomic mass is 19.1. The smallest absolute Gasteiger partial charge is 0.156 e. The van der Waals surface area contributed by atoms with Gasteiger partial charge in [0.25, 0.3) is 0 Å². The lowest BCUT2D eigenvalue weighted by Gasteiger charge is -1.96. The number of anilines is 1. The highest BCUT2D eigenvalue weighted by Gasteiger charge is 2.05. The van der Waals surface area contributed by atoms with Gasteiger partial charge in [-0.15, -0.1) is 0 Å². The highest BCUT2D eigenvalue weighted by molar-refractivity contribution is 5.46. The van der Waals surface area contributed by atoms with Crippen molar-refractivity contribution < 1.29 is 4.39 Å². The van der Waals surface area contributed by atoms with E-state index in [9.17, 15) is 4.39 Å². The third-order valence-electron chi connectivity index (χ3n) is 2.65. The first-order valence-electron chi connectivity index (χ1n) is 5.56. The third-order valence-corrected chi connectivity index (χ3v) is 2.65. The van der Waals surface area contributed by atoms with Crippen LogP contribution in [0.3, 0.4) is 0 Å². The molecular weight excluding hydrogens is 231 g/mol. The molecule has 90 valence electrons. The van der Waals surface area contributed by atoms with Gasteiger partial charge in [0.2, 0.25) is 0 Å². The van der Waals surface area contributed by atoms with Gasteiger partial charge in [0.1, 0.15) is 5.82 Å². The number of nitrogens with two attached hydrogens (primary N) is 1. The number of nitrogens with zero attached hydrogens (tertiary/aromatic N) is 3. The predicted octanol–water partition coefficient (Wildman–Crippen LogP) is 2.04. The van der Waals surface area contributed by atoms with Gasteiger partial charge in [0.05, 0.1) is 11.9 Å². The number of halogens is 1. The average Bonchev–Trinajstić information content (AvgIpc) is 2.70. The van der Waals surface area contributed by atoms with Crippen LogP contribution in [0.25, 0.3) is 5.65 Å². The Morgan fingerprint density at radius 3 is 2.94 bits per heavy atom. The van der Waals surface area contributed by atoms with E-state index in [1.54, 1.807) is 28.9 Å². The lowest BCUT2D eigenvalue weighted by Crippen LogP contribution is -1.93. The van der Waals surface area contributed by atoms with Crippen LogP contribution >= 0.6 is 0 Å². The summed E-state index contributed by atoms with van der Waals surface area (Å²) in [6.07, 6.45) is 2.21. The van der Waals surface area contributed by atoms with Gasteiger partial charge in [-0.05, 0) is 29.8 Å². The van der Waals surface area contributed by atoms with Crippen molar-refractivity contribution in [2.45, 2.75) is 6.42 Å². The lowest BCUT2D eigenvalue weighted by atomic mass is 10.1. The first-order valence-corrected chi connectivity index (χ1v) is 5.56. The molecule has 2 heterocycles. The Morgan fingerprint density at radius 2 is 2.11 bits per heavy atom. The molecule has 0 saturated heterocycles. The van der Waals surface area contributed by atoms with Crippen molar-refractivity contribution in [3.63, 3.8) is 0 Å². The van der Waals surface area contributed by atoms with E-state index in [-0.39, 0.29) is 5.82 Å². The monoisotopic (exact) mass is 242 g/mol. The first-order chi connectivity index (χ1) is 8.70. The zero-order valence-electron chi connectivity index (χ0n) is 9.55. The maximum atomic E-state index is 13.1. The summed E-state index contributed by atoms with van der Waals surface area (Å²) in [6, 6.07) is 10.0. The first kappa shape index (κ1) is 10.7. The van der Waals surface area contributed by atoms with Crippen molar-refractivity contribution in [3.05, 3.63) is 59.8 Å². The molecule has 0 saturated carbocycles. The van der Waals surface area contributed by atoms with E-state index in [1.165, 1.54) is 12.1 Å². The Kier molecular flexibility index (Phi) is 2.44. The topological polar surface area (TPSA) is 56.2 Å². The molecule has 0 amide bonds. The summed E-state index contributed by atoms with van der Waals surface area (Å²) < 4.78 is 14.7. The number of pyridine rings is 1. The van der Waals surface area contributed by atoms with Crippen LogP contribution in [0.4, 0.5) is 10.1 Å². The van der Waals surface area contributed by atoms with Crippen LogP contribution in [0.15, 0.2) is 42.6 Å². The second-order valence-corrected chi connectivity index (χ2v) is 4.10. The zero-order valence-corrected chi connectivity index (χ0v) is 9.55. The van der Waals surface area contributed by atoms with Gasteiger partial charge in [-0.25, -0.2) is 13.9 Å². The fraction of sp³-hybridized carbons (Fsp3) is 0.0769. The molecule has 18 heavy (non-hydrogen) atoms. The van der Waals surface area contributed by atoms with Gasteiger partial charge >= 0.3 is 0 Å². The van der Waals surface area contributed by atoms with Crippen LogP contribution < -0.4 is 5.73 Å². The van der Waals surface area contributed by atoms with Crippen LogP contribution in [0, 0.1) is 5.82 Å². The Hall–Kier alpha value is -2.43. The van der Waals surface area contributed by atoms with E-state index in [0.29, 0.717) is 17.9 Å². The van der Waals surface area contributed by atoms with Gasteiger partial charge in [-0.3, -0.25) is 0 Å². The Labute approximate surface area is 103 Å². The van der Waals surface area contributed by atoms with Crippen molar-refractivity contribution in [1.29, 1.82) is 0 Å². The van der Waals surface area contributed by atoms with Crippen molar-refractivity contribution in [2.24, 2.45) is 0 Å². The minimum absolute atomic E-state index is 0.250. The van der Waals surface area contributed by atoms with Gasteiger partial charge in [-0.2, -0.15) is 5.10 Å². The molecule has 1 aromatic carbocycles. The number of aromatic nitrogens is 3. The van der Waals surface area contributed by atoms with E-state index in [4.69, 9.17) is 5.73 Å². The predicted molar refractivity (Wildman–Crippen MR) is 66.6 cm³/mol. The number of hydrogen-bond donors (Lipinski definition) is 1. The molecule has 2 aromatic heterocycles. The summed E-state index contributed by atoms with van der Waals surface area (Å²) >= 11 is 0. The molecule has 0 atom stereocenters. The van der Waals surface area contributed by atoms with Crippen molar-refractivity contribution in [3.8, 4) is 0 Å². The maximum Gasteiger partial charge on any atom is 0.156 e. The average molecular weight is 242 g/mol. The molecule has 0 aliphatic carbocycles. The van der Waals surface area contributed by atoms with Crippen LogP contribution in [-0.2, 0) is 6.42 Å². The number of hydrogen-bond acceptors (Lipinski definition) is 3. The van der Waals surface area contributed by atoms with Crippen molar-refractivity contribution in [1.82, 2.24) is 14.6 Å². The number of rotatable bonds is 2. The van der Waals surface area contributed by atoms with E-state index < -0.39 is 0 Å². The van der Waals surface area contributed by atoms with Crippen molar-refractivity contribution >= 4 is 11.3 Å². The fourth-order valence-corrected chi connectivity index (χ4v) is 1.85. The minimum atomic E-state index is -0.250. The molecular formula is C13H11FN4. The van der Waals surface area contributed by atoms with E-state index >= 15 is 0 Å². The standard InChI is InChI=1S/C13H11FN4/c14-10-3-1-2-9(6-10)7-12-16-13-5-4-11(15)8-18(13)17-12/h1-6,8H,7,15H2. The van der Waals surface area contributed by atoms with Gasteiger partial charge in [0, 0.05) is 6.42 Å². The van der Waals surface area contributed by atoms with E-state index in [0.717, 1.165) is 11.2 Å².